The lowest BCUT2D eigenvalue weighted by atomic mass is 10.3. The minimum atomic E-state index is -0.0212. The molecule has 0 atom stereocenters. The van der Waals surface area contributed by atoms with Gasteiger partial charge in [0.15, 0.2) is 0 Å². The maximum Gasteiger partial charge on any atom is 0.142 e. The fourth-order valence-electron chi connectivity index (χ4n) is 1.07. The zero-order chi connectivity index (χ0) is 10.4. The summed E-state index contributed by atoms with van der Waals surface area (Å²) in [7, 11) is 0. The van der Waals surface area contributed by atoms with Crippen molar-refractivity contribution in [2.24, 2.45) is 0 Å². The Morgan fingerprint density at radius 2 is 2.14 bits per heavy atom. The number of aliphatic hydroxyl groups is 1. The van der Waals surface area contributed by atoms with E-state index in [1.807, 2.05) is 6.92 Å². The predicted octanol–water partition coefficient (Wildman–Crippen LogP) is 1.04. The van der Waals surface area contributed by atoms with E-state index in [4.69, 9.17) is 20.3 Å². The van der Waals surface area contributed by atoms with Crippen LogP contribution in [0.25, 0.3) is 0 Å². The SMILES string of the molecule is CCOc1ccc(OCCO)c(N)c1. The first kappa shape index (κ1) is 10.7. The smallest absolute Gasteiger partial charge is 0.142 e. The molecule has 0 aliphatic rings. The zero-order valence-electron chi connectivity index (χ0n) is 8.19. The van der Waals surface area contributed by atoms with Crippen LogP contribution in [0, 0.1) is 0 Å². The summed E-state index contributed by atoms with van der Waals surface area (Å²) in [6.07, 6.45) is 0. The topological polar surface area (TPSA) is 64.7 Å². The second-order valence-corrected chi connectivity index (χ2v) is 2.70. The molecule has 0 amide bonds. The third-order valence-corrected chi connectivity index (χ3v) is 1.64. The monoisotopic (exact) mass is 197 g/mol. The number of nitrogen functional groups attached to an aromatic ring is 1. The van der Waals surface area contributed by atoms with E-state index in [1.165, 1.54) is 0 Å². The van der Waals surface area contributed by atoms with E-state index in [9.17, 15) is 0 Å². The lowest BCUT2D eigenvalue weighted by Crippen LogP contribution is -2.04. The van der Waals surface area contributed by atoms with Crippen LogP contribution < -0.4 is 15.2 Å². The van der Waals surface area contributed by atoms with Crippen LogP contribution in [-0.4, -0.2) is 24.9 Å². The van der Waals surface area contributed by atoms with Crippen LogP contribution in [0.1, 0.15) is 6.92 Å². The van der Waals surface area contributed by atoms with Crippen LogP contribution in [0.4, 0.5) is 5.69 Å². The van der Waals surface area contributed by atoms with Gasteiger partial charge >= 0.3 is 0 Å². The van der Waals surface area contributed by atoms with Gasteiger partial charge in [0, 0.05) is 6.07 Å². The van der Waals surface area contributed by atoms with E-state index < -0.39 is 0 Å². The highest BCUT2D eigenvalue weighted by atomic mass is 16.5. The number of aliphatic hydroxyl groups excluding tert-OH is 1. The first-order chi connectivity index (χ1) is 6.77. The van der Waals surface area contributed by atoms with Gasteiger partial charge in [-0.25, -0.2) is 0 Å². The number of ether oxygens (including phenoxy) is 2. The van der Waals surface area contributed by atoms with Crippen molar-refractivity contribution in [1.29, 1.82) is 0 Å². The van der Waals surface area contributed by atoms with Crippen LogP contribution in [0.5, 0.6) is 11.5 Å². The maximum atomic E-state index is 8.57. The number of anilines is 1. The standard InChI is InChI=1S/C10H15NO3/c1-2-13-8-3-4-10(9(11)7-8)14-6-5-12/h3-4,7,12H,2,5-6,11H2,1H3. The average molecular weight is 197 g/mol. The molecule has 0 aliphatic carbocycles. The summed E-state index contributed by atoms with van der Waals surface area (Å²) in [4.78, 5) is 0. The summed E-state index contributed by atoms with van der Waals surface area (Å²) in [6, 6.07) is 5.22. The number of benzene rings is 1. The minimum absolute atomic E-state index is 0.0212. The van der Waals surface area contributed by atoms with Gasteiger partial charge in [-0.2, -0.15) is 0 Å². The molecule has 0 saturated heterocycles. The molecule has 0 unspecified atom stereocenters. The van der Waals surface area contributed by atoms with Gasteiger partial charge in [0.1, 0.15) is 18.1 Å². The first-order valence-corrected chi connectivity index (χ1v) is 4.54. The molecule has 0 spiro atoms. The Hall–Kier alpha value is -1.42. The summed E-state index contributed by atoms with van der Waals surface area (Å²) in [5, 5.41) is 8.57. The maximum absolute atomic E-state index is 8.57. The molecule has 0 fully saturated rings. The highest BCUT2D eigenvalue weighted by molar-refractivity contribution is 5.56. The molecule has 0 aromatic heterocycles. The summed E-state index contributed by atoms with van der Waals surface area (Å²) in [5.41, 5.74) is 6.22. The first-order valence-electron chi connectivity index (χ1n) is 4.54. The number of hydrogen-bond donors (Lipinski definition) is 2. The number of hydrogen-bond acceptors (Lipinski definition) is 4. The van der Waals surface area contributed by atoms with Crippen molar-refractivity contribution in [2.45, 2.75) is 6.92 Å². The highest BCUT2D eigenvalue weighted by Gasteiger charge is 2.01. The predicted molar refractivity (Wildman–Crippen MR) is 54.6 cm³/mol. The molecule has 4 heteroatoms. The number of rotatable bonds is 5. The van der Waals surface area contributed by atoms with E-state index in [0.29, 0.717) is 18.0 Å². The Kier molecular flexibility index (Phi) is 4.07. The van der Waals surface area contributed by atoms with Crippen LogP contribution in [0.3, 0.4) is 0 Å². The van der Waals surface area contributed by atoms with Gasteiger partial charge in [-0.05, 0) is 19.1 Å². The lowest BCUT2D eigenvalue weighted by Gasteiger charge is -2.09. The van der Waals surface area contributed by atoms with Crippen molar-refractivity contribution < 1.29 is 14.6 Å². The van der Waals surface area contributed by atoms with E-state index in [2.05, 4.69) is 0 Å². The van der Waals surface area contributed by atoms with Crippen LogP contribution in [-0.2, 0) is 0 Å². The molecule has 78 valence electrons. The fourth-order valence-corrected chi connectivity index (χ4v) is 1.07. The van der Waals surface area contributed by atoms with Gasteiger partial charge in [0.25, 0.3) is 0 Å². The van der Waals surface area contributed by atoms with Crippen LogP contribution in [0.2, 0.25) is 0 Å². The molecule has 0 bridgehead atoms. The molecule has 1 aromatic rings. The van der Waals surface area contributed by atoms with Crippen LogP contribution in [0.15, 0.2) is 18.2 Å². The van der Waals surface area contributed by atoms with Crippen molar-refractivity contribution in [2.75, 3.05) is 25.6 Å². The molecule has 1 aromatic carbocycles. The molecular formula is C10H15NO3. The minimum Gasteiger partial charge on any atom is -0.494 e. The van der Waals surface area contributed by atoms with Crippen molar-refractivity contribution in [1.82, 2.24) is 0 Å². The van der Waals surface area contributed by atoms with Crippen LogP contribution >= 0.6 is 0 Å². The Morgan fingerprint density at radius 3 is 2.71 bits per heavy atom. The molecular weight excluding hydrogens is 182 g/mol. The number of nitrogens with two attached hydrogens (primary N) is 1. The molecule has 14 heavy (non-hydrogen) atoms. The molecule has 1 rings (SSSR count). The fraction of sp³-hybridized carbons (Fsp3) is 0.400. The molecule has 0 aliphatic heterocycles. The van der Waals surface area contributed by atoms with Gasteiger partial charge in [0.2, 0.25) is 0 Å². The summed E-state index contributed by atoms with van der Waals surface area (Å²) in [6.45, 7) is 2.74. The second-order valence-electron chi connectivity index (χ2n) is 2.70. The van der Waals surface area contributed by atoms with Crippen molar-refractivity contribution in [3.63, 3.8) is 0 Å². The van der Waals surface area contributed by atoms with E-state index in [-0.39, 0.29) is 13.2 Å². The third-order valence-electron chi connectivity index (χ3n) is 1.64. The molecule has 3 N–H and O–H groups in total. The van der Waals surface area contributed by atoms with Gasteiger partial charge in [0.05, 0.1) is 18.9 Å². The van der Waals surface area contributed by atoms with Gasteiger partial charge < -0.3 is 20.3 Å². The quantitative estimate of drug-likeness (QED) is 0.692. The summed E-state index contributed by atoms with van der Waals surface area (Å²) in [5.74, 6) is 1.30. The normalized spacial score (nSPS) is 9.86. The van der Waals surface area contributed by atoms with Gasteiger partial charge in [-0.15, -0.1) is 0 Å². The lowest BCUT2D eigenvalue weighted by molar-refractivity contribution is 0.202. The third kappa shape index (κ3) is 2.81. The van der Waals surface area contributed by atoms with E-state index in [1.54, 1.807) is 18.2 Å². The Morgan fingerprint density at radius 1 is 1.36 bits per heavy atom. The van der Waals surface area contributed by atoms with Crippen molar-refractivity contribution in [3.8, 4) is 11.5 Å². The summed E-state index contributed by atoms with van der Waals surface area (Å²) >= 11 is 0. The zero-order valence-corrected chi connectivity index (χ0v) is 8.19. The largest absolute Gasteiger partial charge is 0.494 e. The Labute approximate surface area is 83.3 Å². The van der Waals surface area contributed by atoms with Gasteiger partial charge in [-0.3, -0.25) is 0 Å². The van der Waals surface area contributed by atoms with Gasteiger partial charge in [-0.1, -0.05) is 0 Å². The molecule has 0 radical (unpaired) electrons. The summed E-state index contributed by atoms with van der Waals surface area (Å²) < 4.78 is 10.4. The Bertz CT molecular complexity index is 289. The van der Waals surface area contributed by atoms with Crippen molar-refractivity contribution >= 4 is 5.69 Å². The highest BCUT2D eigenvalue weighted by Crippen LogP contribution is 2.26. The Balaban J connectivity index is 2.68. The molecule has 0 heterocycles. The van der Waals surface area contributed by atoms with Crippen molar-refractivity contribution in [3.05, 3.63) is 18.2 Å². The molecule has 0 saturated carbocycles. The average Bonchev–Trinajstić information content (AvgIpc) is 2.17. The molecule has 4 nitrogen and oxygen atoms in total. The second kappa shape index (κ2) is 5.34. The van der Waals surface area contributed by atoms with E-state index >= 15 is 0 Å². The van der Waals surface area contributed by atoms with E-state index in [0.717, 1.165) is 5.75 Å².